The minimum atomic E-state index is -0.308. The number of carbonyl (C=O) groups is 1. The van der Waals surface area contributed by atoms with Crippen LogP contribution < -0.4 is 5.43 Å². The molecule has 23 heavy (non-hydrogen) atoms. The molecule has 2 N–H and O–H groups in total. The Labute approximate surface area is 144 Å². The summed E-state index contributed by atoms with van der Waals surface area (Å²) in [5.74, 6) is -0.0775. The van der Waals surface area contributed by atoms with E-state index in [-0.39, 0.29) is 16.9 Å². The third-order valence-electron chi connectivity index (χ3n) is 3.12. The highest BCUT2D eigenvalue weighted by Crippen LogP contribution is 2.24. The first-order valence-electron chi connectivity index (χ1n) is 7.02. The maximum atomic E-state index is 12.1. The van der Waals surface area contributed by atoms with E-state index in [0.29, 0.717) is 16.3 Å². The predicted octanol–water partition coefficient (Wildman–Crippen LogP) is 4.07. The summed E-state index contributed by atoms with van der Waals surface area (Å²) >= 11 is 7.26. The number of nitrogens with one attached hydrogen (secondary N) is 1. The Balaban J connectivity index is 1.97. The first-order chi connectivity index (χ1) is 11.0. The number of amides is 1. The first kappa shape index (κ1) is 17.4. The van der Waals surface area contributed by atoms with E-state index in [1.54, 1.807) is 50.2 Å². The highest BCUT2D eigenvalue weighted by molar-refractivity contribution is 8.00. The van der Waals surface area contributed by atoms with Crippen LogP contribution >= 0.6 is 23.4 Å². The van der Waals surface area contributed by atoms with Crippen molar-refractivity contribution in [2.45, 2.75) is 24.0 Å². The average molecular weight is 349 g/mol. The van der Waals surface area contributed by atoms with E-state index in [9.17, 15) is 9.90 Å². The first-order valence-corrected chi connectivity index (χ1v) is 8.28. The molecule has 0 saturated carbocycles. The number of para-hydroxylation sites is 1. The number of nitrogens with zero attached hydrogens (tertiary/aromatic N) is 1. The summed E-state index contributed by atoms with van der Waals surface area (Å²) in [6.45, 7) is 3.53. The third-order valence-corrected chi connectivity index (χ3v) is 4.49. The van der Waals surface area contributed by atoms with E-state index < -0.39 is 0 Å². The van der Waals surface area contributed by atoms with Crippen LogP contribution in [0.2, 0.25) is 5.02 Å². The monoisotopic (exact) mass is 348 g/mol. The average Bonchev–Trinajstić information content (AvgIpc) is 2.54. The van der Waals surface area contributed by atoms with Gasteiger partial charge in [-0.15, -0.1) is 11.8 Å². The topological polar surface area (TPSA) is 61.7 Å². The highest BCUT2D eigenvalue weighted by Gasteiger charge is 2.14. The zero-order valence-electron chi connectivity index (χ0n) is 12.8. The van der Waals surface area contributed by atoms with Crippen LogP contribution in [0.5, 0.6) is 5.75 Å². The SMILES string of the molecule is C/C(=N/NC(=O)[C@@H](C)Sc1ccc(Cl)cc1)c1ccccc1O. The quantitative estimate of drug-likeness (QED) is 0.486. The number of carbonyl (C=O) groups excluding carboxylic acids is 1. The van der Waals surface area contributed by atoms with Gasteiger partial charge in [0.1, 0.15) is 5.75 Å². The van der Waals surface area contributed by atoms with Gasteiger partial charge in [-0.05, 0) is 50.2 Å². The molecule has 0 bridgehead atoms. The van der Waals surface area contributed by atoms with E-state index in [1.165, 1.54) is 11.8 Å². The van der Waals surface area contributed by atoms with E-state index in [4.69, 9.17) is 11.6 Å². The lowest BCUT2D eigenvalue weighted by Crippen LogP contribution is -2.27. The van der Waals surface area contributed by atoms with E-state index in [0.717, 1.165) is 4.90 Å². The molecule has 0 aliphatic heterocycles. The molecule has 6 heteroatoms. The van der Waals surface area contributed by atoms with E-state index >= 15 is 0 Å². The van der Waals surface area contributed by atoms with Crippen LogP contribution in [-0.4, -0.2) is 22.0 Å². The van der Waals surface area contributed by atoms with Crippen molar-refractivity contribution in [1.29, 1.82) is 0 Å². The predicted molar refractivity (Wildman–Crippen MR) is 95.2 cm³/mol. The van der Waals surface area contributed by atoms with Crippen LogP contribution in [0.25, 0.3) is 0 Å². The Morgan fingerprint density at radius 1 is 1.22 bits per heavy atom. The van der Waals surface area contributed by atoms with Gasteiger partial charge >= 0.3 is 0 Å². The molecule has 120 valence electrons. The van der Waals surface area contributed by atoms with Gasteiger partial charge in [-0.1, -0.05) is 23.7 Å². The second kappa shape index (κ2) is 8.04. The van der Waals surface area contributed by atoms with Gasteiger partial charge in [0.25, 0.3) is 5.91 Å². The maximum absolute atomic E-state index is 12.1. The Bertz CT molecular complexity index is 717. The van der Waals surface area contributed by atoms with Crippen molar-refractivity contribution in [1.82, 2.24) is 5.43 Å². The molecule has 0 heterocycles. The number of hydrogen-bond donors (Lipinski definition) is 2. The summed E-state index contributed by atoms with van der Waals surface area (Å²) in [7, 11) is 0. The molecule has 0 spiro atoms. The van der Waals surface area contributed by atoms with Crippen molar-refractivity contribution < 1.29 is 9.90 Å². The molecule has 0 aliphatic carbocycles. The van der Waals surface area contributed by atoms with E-state index in [2.05, 4.69) is 10.5 Å². The fourth-order valence-corrected chi connectivity index (χ4v) is 2.83. The Morgan fingerprint density at radius 3 is 2.52 bits per heavy atom. The number of benzene rings is 2. The van der Waals surface area contributed by atoms with Crippen LogP contribution in [0.15, 0.2) is 58.5 Å². The minimum Gasteiger partial charge on any atom is -0.507 e. The molecule has 2 aromatic carbocycles. The maximum Gasteiger partial charge on any atom is 0.253 e. The Morgan fingerprint density at radius 2 is 1.87 bits per heavy atom. The van der Waals surface area contributed by atoms with Crippen molar-refractivity contribution in [3.05, 3.63) is 59.1 Å². The van der Waals surface area contributed by atoms with Crippen LogP contribution in [0.4, 0.5) is 0 Å². The summed E-state index contributed by atoms with van der Waals surface area (Å²) in [6.07, 6.45) is 0. The third kappa shape index (κ3) is 5.01. The Kier molecular flexibility index (Phi) is 6.07. The number of thioether (sulfide) groups is 1. The highest BCUT2D eigenvalue weighted by atomic mass is 35.5. The van der Waals surface area contributed by atoms with Crippen molar-refractivity contribution in [3.8, 4) is 5.75 Å². The molecule has 1 atom stereocenters. The molecular weight excluding hydrogens is 332 g/mol. The number of hydrogen-bond acceptors (Lipinski definition) is 4. The molecule has 1 amide bonds. The number of hydrazone groups is 1. The van der Waals surface area contributed by atoms with Crippen LogP contribution in [0, 0.1) is 0 Å². The van der Waals surface area contributed by atoms with Crippen LogP contribution in [0.1, 0.15) is 19.4 Å². The van der Waals surface area contributed by atoms with Gasteiger partial charge in [0, 0.05) is 15.5 Å². The number of aromatic hydroxyl groups is 1. The molecule has 0 fully saturated rings. The second-order valence-electron chi connectivity index (χ2n) is 4.90. The Hall–Kier alpha value is -1.98. The van der Waals surface area contributed by atoms with Crippen LogP contribution in [-0.2, 0) is 4.79 Å². The standard InChI is InChI=1S/C17H17ClN2O2S/c1-11(15-5-3-4-6-16(15)21)19-20-17(22)12(2)23-14-9-7-13(18)8-10-14/h3-10,12,21H,1-2H3,(H,20,22)/b19-11-/t12-/m1/s1. The van der Waals surface area contributed by atoms with Gasteiger partial charge in [-0.2, -0.15) is 5.10 Å². The second-order valence-corrected chi connectivity index (χ2v) is 6.76. The van der Waals surface area contributed by atoms with Gasteiger partial charge in [-0.3, -0.25) is 4.79 Å². The molecule has 0 aromatic heterocycles. The fourth-order valence-electron chi connectivity index (χ4n) is 1.84. The lowest BCUT2D eigenvalue weighted by molar-refractivity contribution is -0.120. The van der Waals surface area contributed by atoms with Gasteiger partial charge < -0.3 is 5.11 Å². The number of phenols is 1. The molecule has 4 nitrogen and oxygen atoms in total. The summed E-state index contributed by atoms with van der Waals surface area (Å²) in [5, 5.41) is 14.2. The number of rotatable bonds is 5. The fraction of sp³-hybridized carbons (Fsp3) is 0.176. The summed E-state index contributed by atoms with van der Waals surface area (Å²) in [6, 6.07) is 14.2. The smallest absolute Gasteiger partial charge is 0.253 e. The van der Waals surface area contributed by atoms with Crippen molar-refractivity contribution in [2.75, 3.05) is 0 Å². The summed E-state index contributed by atoms with van der Waals surface area (Å²) < 4.78 is 0. The van der Waals surface area contributed by atoms with Crippen molar-refractivity contribution in [3.63, 3.8) is 0 Å². The molecule has 0 saturated heterocycles. The molecule has 0 aliphatic rings. The van der Waals surface area contributed by atoms with Gasteiger partial charge in [-0.25, -0.2) is 5.43 Å². The van der Waals surface area contributed by atoms with Gasteiger partial charge in [0.15, 0.2) is 0 Å². The molecule has 2 rings (SSSR count). The molecule has 2 aromatic rings. The zero-order chi connectivity index (χ0) is 16.8. The lowest BCUT2D eigenvalue weighted by atomic mass is 10.1. The molecule has 0 unspecified atom stereocenters. The zero-order valence-corrected chi connectivity index (χ0v) is 14.4. The largest absolute Gasteiger partial charge is 0.507 e. The molecule has 0 radical (unpaired) electrons. The molecular formula is C17H17ClN2O2S. The van der Waals surface area contributed by atoms with Crippen LogP contribution in [0.3, 0.4) is 0 Å². The number of halogens is 1. The normalized spacial score (nSPS) is 12.7. The lowest BCUT2D eigenvalue weighted by Gasteiger charge is -2.10. The van der Waals surface area contributed by atoms with Gasteiger partial charge in [0.2, 0.25) is 0 Å². The summed E-state index contributed by atoms with van der Waals surface area (Å²) in [4.78, 5) is 13.1. The summed E-state index contributed by atoms with van der Waals surface area (Å²) in [5.41, 5.74) is 3.66. The number of phenolic OH excluding ortho intramolecular Hbond substituents is 1. The van der Waals surface area contributed by atoms with E-state index in [1.807, 2.05) is 12.1 Å². The van der Waals surface area contributed by atoms with Gasteiger partial charge in [0.05, 0.1) is 11.0 Å². The minimum absolute atomic E-state index is 0.131. The van der Waals surface area contributed by atoms with Crippen molar-refractivity contribution >= 4 is 35.0 Å². The van der Waals surface area contributed by atoms with Crippen molar-refractivity contribution in [2.24, 2.45) is 5.10 Å².